The monoisotopic (exact) mass is 313 g/mol. The molecule has 1 aromatic carbocycles. The molecule has 1 saturated heterocycles. The quantitative estimate of drug-likeness (QED) is 0.883. The minimum absolute atomic E-state index is 0.277. The molecule has 0 bridgehead atoms. The van der Waals surface area contributed by atoms with Gasteiger partial charge in [0.25, 0.3) is 0 Å². The standard InChI is InChI=1S/C19H24N2O2/c1-13-8-10-21(11-9-13)12-17-18(19(22)23-3)14(2)15-6-4-5-7-16(15)20-17/h4-7,13H,8-12H2,1-3H3/p+1. The molecule has 1 N–H and O–H groups in total. The van der Waals surface area contributed by atoms with Gasteiger partial charge in [0.2, 0.25) is 0 Å². The summed E-state index contributed by atoms with van der Waals surface area (Å²) in [6.07, 6.45) is 2.49. The Labute approximate surface area is 137 Å². The molecule has 122 valence electrons. The van der Waals surface area contributed by atoms with E-state index >= 15 is 0 Å². The van der Waals surface area contributed by atoms with Gasteiger partial charge in [0, 0.05) is 5.39 Å². The number of esters is 1. The first-order valence-electron chi connectivity index (χ1n) is 8.40. The third-order valence-corrected chi connectivity index (χ3v) is 5.02. The summed E-state index contributed by atoms with van der Waals surface area (Å²) in [5.74, 6) is 0.533. The summed E-state index contributed by atoms with van der Waals surface area (Å²) < 4.78 is 5.02. The third kappa shape index (κ3) is 3.22. The van der Waals surface area contributed by atoms with Gasteiger partial charge in [-0.25, -0.2) is 9.78 Å². The average Bonchev–Trinajstić information content (AvgIpc) is 2.57. The molecule has 0 atom stereocenters. The lowest BCUT2D eigenvalue weighted by molar-refractivity contribution is -0.920. The van der Waals surface area contributed by atoms with Crippen molar-refractivity contribution in [1.29, 1.82) is 0 Å². The fourth-order valence-corrected chi connectivity index (χ4v) is 3.53. The topological polar surface area (TPSA) is 43.6 Å². The summed E-state index contributed by atoms with van der Waals surface area (Å²) in [5, 5.41) is 1.03. The minimum atomic E-state index is -0.277. The Kier molecular flexibility index (Phi) is 4.62. The number of rotatable bonds is 3. The third-order valence-electron chi connectivity index (χ3n) is 5.02. The first-order chi connectivity index (χ1) is 11.1. The summed E-state index contributed by atoms with van der Waals surface area (Å²) >= 11 is 0. The van der Waals surface area contributed by atoms with E-state index in [0.717, 1.165) is 47.7 Å². The van der Waals surface area contributed by atoms with E-state index in [-0.39, 0.29) is 5.97 Å². The SMILES string of the molecule is COC(=O)c1c(C[NH+]2CCC(C)CC2)nc2ccccc2c1C. The number of carbonyl (C=O) groups is 1. The maximum absolute atomic E-state index is 12.3. The summed E-state index contributed by atoms with van der Waals surface area (Å²) in [4.78, 5) is 18.6. The van der Waals surface area contributed by atoms with E-state index in [2.05, 4.69) is 6.92 Å². The second-order valence-corrected chi connectivity index (χ2v) is 6.68. The van der Waals surface area contributed by atoms with Gasteiger partial charge < -0.3 is 9.64 Å². The van der Waals surface area contributed by atoms with Gasteiger partial charge in [-0.1, -0.05) is 25.1 Å². The number of piperidine rings is 1. The van der Waals surface area contributed by atoms with Gasteiger partial charge in [-0.3, -0.25) is 0 Å². The molecule has 1 aliphatic heterocycles. The van der Waals surface area contributed by atoms with Crippen molar-refractivity contribution in [1.82, 2.24) is 4.98 Å². The smallest absolute Gasteiger partial charge is 0.340 e. The molecule has 0 spiro atoms. The zero-order chi connectivity index (χ0) is 16.4. The number of aryl methyl sites for hydroxylation is 1. The molecule has 2 aromatic rings. The van der Waals surface area contributed by atoms with Crippen LogP contribution in [0.25, 0.3) is 10.9 Å². The molecule has 2 heterocycles. The Hall–Kier alpha value is -1.94. The van der Waals surface area contributed by atoms with Crippen molar-refractivity contribution in [2.24, 2.45) is 5.92 Å². The Balaban J connectivity index is 2.01. The number of nitrogens with zero attached hydrogens (tertiary/aromatic N) is 1. The van der Waals surface area contributed by atoms with Crippen molar-refractivity contribution in [2.45, 2.75) is 33.2 Å². The molecule has 0 saturated carbocycles. The van der Waals surface area contributed by atoms with Crippen LogP contribution in [-0.2, 0) is 11.3 Å². The highest BCUT2D eigenvalue weighted by Crippen LogP contribution is 2.23. The van der Waals surface area contributed by atoms with Gasteiger partial charge in [-0.15, -0.1) is 0 Å². The van der Waals surface area contributed by atoms with Crippen molar-refractivity contribution < 1.29 is 14.4 Å². The van der Waals surface area contributed by atoms with E-state index in [1.54, 1.807) is 0 Å². The van der Waals surface area contributed by atoms with Crippen LogP contribution in [0.1, 0.15) is 41.4 Å². The molecule has 1 aliphatic rings. The number of hydrogen-bond acceptors (Lipinski definition) is 3. The number of nitrogens with one attached hydrogen (secondary N) is 1. The van der Waals surface area contributed by atoms with E-state index in [9.17, 15) is 4.79 Å². The predicted molar refractivity (Wildman–Crippen MR) is 90.6 cm³/mol. The molecule has 3 rings (SSSR count). The van der Waals surface area contributed by atoms with E-state index in [0.29, 0.717) is 5.56 Å². The van der Waals surface area contributed by atoms with Crippen molar-refractivity contribution in [2.75, 3.05) is 20.2 Å². The molecular formula is C19H25N2O2+. The number of pyridine rings is 1. The Morgan fingerprint density at radius 1 is 1.30 bits per heavy atom. The lowest BCUT2D eigenvalue weighted by Gasteiger charge is -2.27. The highest BCUT2D eigenvalue weighted by Gasteiger charge is 2.25. The number of fused-ring (bicyclic) bond motifs is 1. The average molecular weight is 313 g/mol. The van der Waals surface area contributed by atoms with Gasteiger partial charge in [0.15, 0.2) is 0 Å². The second kappa shape index (κ2) is 6.67. The van der Waals surface area contributed by atoms with E-state index < -0.39 is 0 Å². The molecule has 0 aliphatic carbocycles. The molecule has 23 heavy (non-hydrogen) atoms. The molecule has 1 aromatic heterocycles. The number of para-hydroxylation sites is 1. The maximum atomic E-state index is 12.3. The van der Waals surface area contributed by atoms with Crippen LogP contribution in [0.2, 0.25) is 0 Å². The number of ether oxygens (including phenoxy) is 1. The van der Waals surface area contributed by atoms with Gasteiger partial charge in [-0.2, -0.15) is 0 Å². The summed E-state index contributed by atoms with van der Waals surface area (Å²) in [7, 11) is 1.44. The van der Waals surface area contributed by atoms with Crippen LogP contribution >= 0.6 is 0 Å². The van der Waals surface area contributed by atoms with Crippen molar-refractivity contribution in [3.05, 3.63) is 41.1 Å². The van der Waals surface area contributed by atoms with Crippen LogP contribution < -0.4 is 4.90 Å². The van der Waals surface area contributed by atoms with Crippen LogP contribution in [-0.4, -0.2) is 31.2 Å². The molecule has 4 nitrogen and oxygen atoms in total. The zero-order valence-corrected chi connectivity index (χ0v) is 14.2. The van der Waals surface area contributed by atoms with Gasteiger partial charge in [0.05, 0.1) is 31.3 Å². The Morgan fingerprint density at radius 3 is 2.70 bits per heavy atom. The summed E-state index contributed by atoms with van der Waals surface area (Å²) in [5.41, 5.74) is 3.45. The number of likely N-dealkylation sites (tertiary alicyclic amines) is 1. The van der Waals surface area contributed by atoms with Gasteiger partial charge in [0.1, 0.15) is 12.2 Å². The van der Waals surface area contributed by atoms with Crippen molar-refractivity contribution in [3.63, 3.8) is 0 Å². The molecular weight excluding hydrogens is 288 g/mol. The fourth-order valence-electron chi connectivity index (χ4n) is 3.53. The molecule has 1 fully saturated rings. The molecule has 0 amide bonds. The minimum Gasteiger partial charge on any atom is -0.465 e. The highest BCUT2D eigenvalue weighted by molar-refractivity contribution is 5.98. The lowest BCUT2D eigenvalue weighted by atomic mass is 9.97. The summed E-state index contributed by atoms with van der Waals surface area (Å²) in [6, 6.07) is 8.00. The van der Waals surface area contributed by atoms with E-state index in [1.807, 2.05) is 31.2 Å². The van der Waals surface area contributed by atoms with Gasteiger partial charge >= 0.3 is 5.97 Å². The molecule has 0 radical (unpaired) electrons. The zero-order valence-electron chi connectivity index (χ0n) is 14.2. The van der Waals surface area contributed by atoms with Crippen molar-refractivity contribution in [3.8, 4) is 0 Å². The van der Waals surface area contributed by atoms with Crippen LogP contribution in [0.5, 0.6) is 0 Å². The van der Waals surface area contributed by atoms with Crippen LogP contribution in [0.3, 0.4) is 0 Å². The number of hydrogen-bond donors (Lipinski definition) is 1. The van der Waals surface area contributed by atoms with Crippen molar-refractivity contribution >= 4 is 16.9 Å². The predicted octanol–water partition coefficient (Wildman–Crippen LogP) is 2.14. The second-order valence-electron chi connectivity index (χ2n) is 6.68. The van der Waals surface area contributed by atoms with Crippen LogP contribution in [0.4, 0.5) is 0 Å². The number of methoxy groups -OCH3 is 1. The largest absolute Gasteiger partial charge is 0.465 e. The molecule has 4 heteroatoms. The number of benzene rings is 1. The number of aromatic nitrogens is 1. The van der Waals surface area contributed by atoms with Gasteiger partial charge in [-0.05, 0) is 37.3 Å². The van der Waals surface area contributed by atoms with E-state index in [4.69, 9.17) is 9.72 Å². The number of quaternary nitrogens is 1. The lowest BCUT2D eigenvalue weighted by Crippen LogP contribution is -3.11. The maximum Gasteiger partial charge on any atom is 0.340 e. The highest BCUT2D eigenvalue weighted by atomic mass is 16.5. The van der Waals surface area contributed by atoms with Crippen LogP contribution in [0.15, 0.2) is 24.3 Å². The first kappa shape index (κ1) is 15.9. The van der Waals surface area contributed by atoms with E-state index in [1.165, 1.54) is 24.9 Å². The summed E-state index contributed by atoms with van der Waals surface area (Å²) in [6.45, 7) is 7.40. The van der Waals surface area contributed by atoms with Crippen LogP contribution in [0, 0.1) is 12.8 Å². The Morgan fingerprint density at radius 2 is 2.00 bits per heavy atom. The normalized spacial score (nSPS) is 21.3. The Bertz CT molecular complexity index is 719. The first-order valence-corrected chi connectivity index (χ1v) is 8.40. The molecule has 0 unspecified atom stereocenters. The fraction of sp³-hybridized carbons (Fsp3) is 0.474. The number of carbonyl (C=O) groups excluding carboxylic acids is 1.